The van der Waals surface area contributed by atoms with Crippen molar-refractivity contribution in [3.05, 3.63) is 95.6 Å². The quantitative estimate of drug-likeness (QED) is 0.711. The second-order valence-corrected chi connectivity index (χ2v) is 7.14. The molecule has 1 saturated heterocycles. The molecule has 4 nitrogen and oxygen atoms in total. The van der Waals surface area contributed by atoms with Gasteiger partial charge in [0.15, 0.2) is 0 Å². The largest absolute Gasteiger partial charge is 0.394 e. The number of halogens is 2. The lowest BCUT2D eigenvalue weighted by molar-refractivity contribution is -0.00574. The number of hydrogen-bond acceptors (Lipinski definition) is 3. The molecule has 1 aliphatic rings. The van der Waals surface area contributed by atoms with Gasteiger partial charge in [0.2, 0.25) is 0 Å². The van der Waals surface area contributed by atoms with Gasteiger partial charge in [-0.2, -0.15) is 5.26 Å². The summed E-state index contributed by atoms with van der Waals surface area (Å²) < 4.78 is 28.0. The summed E-state index contributed by atoms with van der Waals surface area (Å²) in [5, 5.41) is 19.8. The molecule has 0 bridgehead atoms. The molecule has 0 spiro atoms. The van der Waals surface area contributed by atoms with Crippen LogP contribution >= 0.6 is 0 Å². The molecule has 3 aromatic carbocycles. The summed E-state index contributed by atoms with van der Waals surface area (Å²) in [4.78, 5) is 14.2. The van der Waals surface area contributed by atoms with Gasteiger partial charge in [0.05, 0.1) is 18.7 Å². The lowest BCUT2D eigenvalue weighted by Gasteiger charge is -2.52. The van der Waals surface area contributed by atoms with Crippen molar-refractivity contribution in [1.29, 1.82) is 5.26 Å². The zero-order chi connectivity index (χ0) is 21.3. The number of aliphatic hydroxyl groups is 1. The highest BCUT2D eigenvalue weighted by Gasteiger charge is 2.52. The van der Waals surface area contributed by atoms with E-state index in [1.807, 2.05) is 0 Å². The molecule has 1 amide bonds. The van der Waals surface area contributed by atoms with Crippen molar-refractivity contribution in [3.63, 3.8) is 0 Å². The number of likely N-dealkylation sites (tertiary alicyclic amines) is 1. The maximum Gasteiger partial charge on any atom is 0.255 e. The predicted molar refractivity (Wildman–Crippen MR) is 107 cm³/mol. The monoisotopic (exact) mass is 404 g/mol. The van der Waals surface area contributed by atoms with Crippen LogP contribution in [0.25, 0.3) is 11.1 Å². The Bertz CT molecular complexity index is 1140. The van der Waals surface area contributed by atoms with Crippen LogP contribution in [0.15, 0.2) is 72.8 Å². The van der Waals surface area contributed by atoms with E-state index < -0.39 is 35.5 Å². The second kappa shape index (κ2) is 8.05. The molecular formula is C24H18F2N2O2. The van der Waals surface area contributed by atoms with Crippen molar-refractivity contribution in [2.45, 2.75) is 18.0 Å². The van der Waals surface area contributed by atoms with Gasteiger partial charge in [0, 0.05) is 17.0 Å². The van der Waals surface area contributed by atoms with Crippen molar-refractivity contribution in [3.8, 4) is 17.2 Å². The van der Waals surface area contributed by atoms with Crippen LogP contribution in [0.5, 0.6) is 0 Å². The summed E-state index contributed by atoms with van der Waals surface area (Å²) in [7, 11) is 0. The van der Waals surface area contributed by atoms with Crippen LogP contribution in [0.1, 0.15) is 21.8 Å². The Balaban J connectivity index is 1.74. The number of hydrogen-bond donors (Lipinski definition) is 1. The van der Waals surface area contributed by atoms with E-state index in [0.717, 1.165) is 6.07 Å². The normalized spacial score (nSPS) is 20.3. The van der Waals surface area contributed by atoms with E-state index in [9.17, 15) is 23.9 Å². The standard InChI is InChI=1S/C24H18F2N2O2/c25-16-7-5-6-15(12-16)24(30)28-21(13-27)23(22(28)14-29)19-10-2-1-8-17(19)18-9-3-4-11-20(18)26/h1-12,21-23,29H,14H2/t21-,22+,23+/m0/s1. The average Bonchev–Trinajstić information content (AvgIpc) is 2.74. The molecule has 1 heterocycles. The third-order valence-electron chi connectivity index (χ3n) is 5.52. The smallest absolute Gasteiger partial charge is 0.255 e. The summed E-state index contributed by atoms with van der Waals surface area (Å²) in [5.74, 6) is -1.99. The highest BCUT2D eigenvalue weighted by molar-refractivity contribution is 5.96. The SMILES string of the molecule is N#C[C@H]1[C@@H](c2ccccc2-c2ccccc2F)[C@@H](CO)N1C(=O)c1cccc(F)c1. The van der Waals surface area contributed by atoms with E-state index in [4.69, 9.17) is 0 Å². The first-order chi connectivity index (χ1) is 14.6. The second-order valence-electron chi connectivity index (χ2n) is 7.14. The third-order valence-corrected chi connectivity index (χ3v) is 5.52. The first kappa shape index (κ1) is 19.7. The predicted octanol–water partition coefficient (Wildman–Crippen LogP) is 4.12. The number of amides is 1. The van der Waals surface area contributed by atoms with Crippen LogP contribution in [-0.2, 0) is 0 Å². The van der Waals surface area contributed by atoms with Crippen molar-refractivity contribution in [2.75, 3.05) is 6.61 Å². The van der Waals surface area contributed by atoms with Crippen molar-refractivity contribution in [2.24, 2.45) is 0 Å². The van der Waals surface area contributed by atoms with Crippen LogP contribution in [0.3, 0.4) is 0 Å². The summed E-state index contributed by atoms with van der Waals surface area (Å²) in [6, 6.07) is 19.2. The van der Waals surface area contributed by atoms with Crippen LogP contribution < -0.4 is 0 Å². The molecule has 0 radical (unpaired) electrons. The Hall–Kier alpha value is -3.56. The van der Waals surface area contributed by atoms with Gasteiger partial charge in [-0.1, -0.05) is 48.5 Å². The minimum Gasteiger partial charge on any atom is -0.394 e. The van der Waals surface area contributed by atoms with Crippen molar-refractivity contribution >= 4 is 5.91 Å². The minimum absolute atomic E-state index is 0.106. The van der Waals surface area contributed by atoms with Gasteiger partial charge in [0.1, 0.15) is 17.7 Å². The molecule has 0 aromatic heterocycles. The zero-order valence-corrected chi connectivity index (χ0v) is 15.9. The molecule has 1 aliphatic heterocycles. The van der Waals surface area contributed by atoms with E-state index >= 15 is 0 Å². The first-order valence-corrected chi connectivity index (χ1v) is 9.49. The van der Waals surface area contributed by atoms with Crippen LogP contribution in [0, 0.1) is 23.0 Å². The van der Waals surface area contributed by atoms with E-state index in [-0.39, 0.29) is 12.2 Å². The molecule has 1 N–H and O–H groups in total. The maximum atomic E-state index is 14.4. The fourth-order valence-corrected chi connectivity index (χ4v) is 4.14. The van der Waals surface area contributed by atoms with E-state index in [1.165, 1.54) is 29.2 Å². The highest BCUT2D eigenvalue weighted by Crippen LogP contribution is 2.45. The Kier molecular flexibility index (Phi) is 5.30. The summed E-state index contributed by atoms with van der Waals surface area (Å²) in [6.45, 7) is -0.379. The zero-order valence-electron chi connectivity index (χ0n) is 15.9. The number of benzene rings is 3. The molecule has 1 fully saturated rings. The number of nitrogens with zero attached hydrogens (tertiary/aromatic N) is 2. The van der Waals surface area contributed by atoms with E-state index in [1.54, 1.807) is 42.5 Å². The Morgan fingerprint density at radius 3 is 2.37 bits per heavy atom. The molecule has 0 aliphatic carbocycles. The minimum atomic E-state index is -0.870. The average molecular weight is 404 g/mol. The van der Waals surface area contributed by atoms with Gasteiger partial charge in [0.25, 0.3) is 5.91 Å². The number of rotatable bonds is 4. The Morgan fingerprint density at radius 2 is 1.70 bits per heavy atom. The molecule has 150 valence electrons. The lowest BCUT2D eigenvalue weighted by atomic mass is 9.73. The van der Waals surface area contributed by atoms with Crippen molar-refractivity contribution < 1.29 is 18.7 Å². The van der Waals surface area contributed by atoms with Crippen LogP contribution in [0.2, 0.25) is 0 Å². The summed E-state index contributed by atoms with van der Waals surface area (Å²) in [6.07, 6.45) is 0. The van der Waals surface area contributed by atoms with Gasteiger partial charge >= 0.3 is 0 Å². The van der Waals surface area contributed by atoms with E-state index in [0.29, 0.717) is 16.7 Å². The van der Waals surface area contributed by atoms with Gasteiger partial charge in [-0.25, -0.2) is 8.78 Å². The fourth-order valence-electron chi connectivity index (χ4n) is 4.14. The molecule has 0 unspecified atom stereocenters. The Labute approximate surface area is 172 Å². The maximum absolute atomic E-state index is 14.4. The third kappa shape index (κ3) is 3.23. The summed E-state index contributed by atoms with van der Waals surface area (Å²) >= 11 is 0. The number of aliphatic hydroxyl groups excluding tert-OH is 1. The van der Waals surface area contributed by atoms with Gasteiger partial charge in [-0.05, 0) is 35.4 Å². The van der Waals surface area contributed by atoms with Gasteiger partial charge < -0.3 is 10.0 Å². The molecule has 30 heavy (non-hydrogen) atoms. The number of carbonyl (C=O) groups is 1. The van der Waals surface area contributed by atoms with Crippen molar-refractivity contribution in [1.82, 2.24) is 4.90 Å². The first-order valence-electron chi connectivity index (χ1n) is 9.49. The molecule has 6 heteroatoms. The number of carbonyl (C=O) groups excluding carboxylic acids is 1. The molecular weight excluding hydrogens is 386 g/mol. The summed E-state index contributed by atoms with van der Waals surface area (Å²) in [5.41, 5.74) is 1.78. The molecule has 4 rings (SSSR count). The topological polar surface area (TPSA) is 64.3 Å². The van der Waals surface area contributed by atoms with Crippen LogP contribution in [-0.4, -0.2) is 34.6 Å². The molecule has 3 atom stereocenters. The van der Waals surface area contributed by atoms with Gasteiger partial charge in [-0.15, -0.1) is 0 Å². The lowest BCUT2D eigenvalue weighted by Crippen LogP contribution is -2.65. The molecule has 0 saturated carbocycles. The highest BCUT2D eigenvalue weighted by atomic mass is 19.1. The molecule has 3 aromatic rings. The fraction of sp³-hybridized carbons (Fsp3) is 0.167. The van der Waals surface area contributed by atoms with Crippen LogP contribution in [0.4, 0.5) is 8.78 Å². The van der Waals surface area contributed by atoms with E-state index in [2.05, 4.69) is 6.07 Å². The number of nitriles is 1. The van der Waals surface area contributed by atoms with Gasteiger partial charge in [-0.3, -0.25) is 4.79 Å². The Morgan fingerprint density at radius 1 is 1.00 bits per heavy atom.